The van der Waals surface area contributed by atoms with Gasteiger partial charge >= 0.3 is 6.36 Å². The molecule has 2 aliphatic rings. The fraction of sp³-hybridized carbons (Fsp3) is 0.467. The molecule has 120 valence electrons. The van der Waals surface area contributed by atoms with Crippen LogP contribution in [0.5, 0.6) is 5.75 Å². The summed E-state index contributed by atoms with van der Waals surface area (Å²) in [5, 5.41) is -0.747. The first-order valence-electron chi connectivity index (χ1n) is 7.01. The van der Waals surface area contributed by atoms with E-state index in [0.29, 0.717) is 31.2 Å². The van der Waals surface area contributed by atoms with Crippen LogP contribution in [-0.2, 0) is 16.3 Å². The van der Waals surface area contributed by atoms with Gasteiger partial charge in [0.05, 0.1) is 10.5 Å². The molecule has 1 aromatic carbocycles. The molecule has 3 rings (SSSR count). The second-order valence-corrected chi connectivity index (χ2v) is 8.18. The van der Waals surface area contributed by atoms with Crippen LogP contribution in [-0.4, -0.2) is 25.3 Å². The summed E-state index contributed by atoms with van der Waals surface area (Å²) in [6.45, 7) is 0. The molecule has 0 saturated carbocycles. The molecule has 0 spiro atoms. The van der Waals surface area contributed by atoms with Gasteiger partial charge in [-0.3, -0.25) is 0 Å². The van der Waals surface area contributed by atoms with Gasteiger partial charge in [0, 0.05) is 0 Å². The van der Waals surface area contributed by atoms with E-state index in [1.165, 1.54) is 18.2 Å². The van der Waals surface area contributed by atoms with Crippen molar-refractivity contribution in [2.45, 2.75) is 42.5 Å². The number of ether oxygens (including phenoxy) is 1. The van der Waals surface area contributed by atoms with Crippen molar-refractivity contribution in [1.29, 1.82) is 0 Å². The standard InChI is InChI=1S/C15H15F3O3S/c16-15(17,18)21-12-3-1-2-10(7-12)6-11-8-13-4-5-14(9-11)22(13,19)20/h1-3,7-8,13-14H,4-6,9H2. The predicted octanol–water partition coefficient (Wildman–Crippen LogP) is 3.40. The lowest BCUT2D eigenvalue weighted by Crippen LogP contribution is -2.27. The van der Waals surface area contributed by atoms with E-state index in [9.17, 15) is 21.6 Å². The summed E-state index contributed by atoms with van der Waals surface area (Å²) in [4.78, 5) is 0. The van der Waals surface area contributed by atoms with Gasteiger partial charge in [-0.05, 0) is 43.4 Å². The molecule has 0 N–H and O–H groups in total. The summed E-state index contributed by atoms with van der Waals surface area (Å²) in [5.41, 5.74) is 1.66. The van der Waals surface area contributed by atoms with Crippen LogP contribution in [0.4, 0.5) is 13.2 Å². The van der Waals surface area contributed by atoms with Gasteiger partial charge in [-0.1, -0.05) is 23.8 Å². The highest BCUT2D eigenvalue weighted by Gasteiger charge is 2.42. The first kappa shape index (κ1) is 15.4. The molecule has 1 fully saturated rings. The SMILES string of the molecule is O=S1(=O)C2C=C(Cc3cccc(OC(F)(F)F)c3)CC1CC2. The Bertz CT molecular complexity index is 707. The summed E-state index contributed by atoms with van der Waals surface area (Å²) in [6.07, 6.45) is -0.690. The number of halogens is 3. The molecule has 1 saturated heterocycles. The number of benzene rings is 1. The lowest BCUT2D eigenvalue weighted by molar-refractivity contribution is -0.274. The van der Waals surface area contributed by atoms with Crippen molar-refractivity contribution >= 4 is 9.84 Å². The van der Waals surface area contributed by atoms with Crippen LogP contribution >= 0.6 is 0 Å². The smallest absolute Gasteiger partial charge is 0.406 e. The van der Waals surface area contributed by atoms with Crippen LogP contribution in [0, 0.1) is 0 Å². The highest BCUT2D eigenvalue weighted by atomic mass is 32.2. The van der Waals surface area contributed by atoms with Crippen LogP contribution < -0.4 is 4.74 Å². The van der Waals surface area contributed by atoms with Crippen molar-refractivity contribution in [3.05, 3.63) is 41.5 Å². The molecule has 7 heteroatoms. The van der Waals surface area contributed by atoms with Crippen molar-refractivity contribution in [3.63, 3.8) is 0 Å². The second kappa shape index (κ2) is 5.30. The predicted molar refractivity (Wildman–Crippen MR) is 75.3 cm³/mol. The maximum atomic E-state index is 12.2. The number of hydrogen-bond donors (Lipinski definition) is 0. The van der Waals surface area contributed by atoms with Crippen molar-refractivity contribution in [2.24, 2.45) is 0 Å². The van der Waals surface area contributed by atoms with Gasteiger partial charge in [0.1, 0.15) is 5.75 Å². The highest BCUT2D eigenvalue weighted by molar-refractivity contribution is 7.93. The Kier molecular flexibility index (Phi) is 3.71. The Morgan fingerprint density at radius 2 is 2.00 bits per heavy atom. The normalized spacial score (nSPS) is 26.6. The minimum Gasteiger partial charge on any atom is -0.406 e. The van der Waals surface area contributed by atoms with Crippen molar-refractivity contribution in [2.75, 3.05) is 0 Å². The van der Waals surface area contributed by atoms with E-state index in [2.05, 4.69) is 4.74 Å². The monoisotopic (exact) mass is 332 g/mol. The zero-order valence-corrected chi connectivity index (χ0v) is 12.5. The molecule has 0 radical (unpaired) electrons. The number of rotatable bonds is 3. The fourth-order valence-corrected chi connectivity index (χ4v) is 5.44. The van der Waals surface area contributed by atoms with Crippen LogP contribution in [0.1, 0.15) is 24.8 Å². The summed E-state index contributed by atoms with van der Waals surface area (Å²) in [5.74, 6) is -0.253. The third-order valence-electron chi connectivity index (χ3n) is 4.13. The first-order valence-corrected chi connectivity index (χ1v) is 8.62. The molecule has 2 aliphatic heterocycles. The molecule has 2 heterocycles. The molecule has 0 amide bonds. The molecule has 0 aliphatic carbocycles. The Hall–Kier alpha value is -1.50. The van der Waals surface area contributed by atoms with E-state index < -0.39 is 21.4 Å². The fourth-order valence-electron chi connectivity index (χ4n) is 3.19. The van der Waals surface area contributed by atoms with E-state index >= 15 is 0 Å². The molecule has 1 aromatic rings. The van der Waals surface area contributed by atoms with Gasteiger partial charge in [-0.15, -0.1) is 13.2 Å². The van der Waals surface area contributed by atoms with E-state index in [-0.39, 0.29) is 11.0 Å². The molecular weight excluding hydrogens is 317 g/mol. The summed E-state index contributed by atoms with van der Waals surface area (Å²) in [7, 11) is -3.04. The Morgan fingerprint density at radius 1 is 1.23 bits per heavy atom. The summed E-state index contributed by atoms with van der Waals surface area (Å²) >= 11 is 0. The van der Waals surface area contributed by atoms with Crippen LogP contribution in [0.15, 0.2) is 35.9 Å². The number of hydrogen-bond acceptors (Lipinski definition) is 3. The number of fused-ring (bicyclic) bond motifs is 2. The number of alkyl halides is 3. The molecule has 2 unspecified atom stereocenters. The van der Waals surface area contributed by atoms with Crippen molar-refractivity contribution in [3.8, 4) is 5.75 Å². The van der Waals surface area contributed by atoms with Gasteiger partial charge in [0.15, 0.2) is 9.84 Å². The van der Waals surface area contributed by atoms with Gasteiger partial charge < -0.3 is 4.74 Å². The average Bonchev–Trinajstić information content (AvgIpc) is 2.58. The van der Waals surface area contributed by atoms with Gasteiger partial charge in [0.25, 0.3) is 0 Å². The zero-order valence-electron chi connectivity index (χ0n) is 11.6. The summed E-state index contributed by atoms with van der Waals surface area (Å²) < 4.78 is 64.6. The van der Waals surface area contributed by atoms with Gasteiger partial charge in [-0.25, -0.2) is 8.42 Å². The van der Waals surface area contributed by atoms with Crippen LogP contribution in [0.3, 0.4) is 0 Å². The van der Waals surface area contributed by atoms with E-state index in [4.69, 9.17) is 0 Å². The Morgan fingerprint density at radius 3 is 2.68 bits per heavy atom. The zero-order chi connectivity index (χ0) is 16.0. The minimum absolute atomic E-state index is 0.253. The van der Waals surface area contributed by atoms with Gasteiger partial charge in [0.2, 0.25) is 0 Å². The first-order chi connectivity index (χ1) is 10.2. The van der Waals surface area contributed by atoms with Crippen molar-refractivity contribution < 1.29 is 26.3 Å². The third-order valence-corrected chi connectivity index (χ3v) is 6.68. The lowest BCUT2D eigenvalue weighted by atomic mass is 10.0. The van der Waals surface area contributed by atoms with Crippen LogP contribution in [0.2, 0.25) is 0 Å². The van der Waals surface area contributed by atoms with Crippen molar-refractivity contribution in [1.82, 2.24) is 0 Å². The maximum absolute atomic E-state index is 12.2. The lowest BCUT2D eigenvalue weighted by Gasteiger charge is -2.20. The van der Waals surface area contributed by atoms with Gasteiger partial charge in [-0.2, -0.15) is 0 Å². The van der Waals surface area contributed by atoms with E-state index in [1.807, 2.05) is 0 Å². The van der Waals surface area contributed by atoms with E-state index in [0.717, 1.165) is 5.57 Å². The second-order valence-electron chi connectivity index (χ2n) is 5.73. The highest BCUT2D eigenvalue weighted by Crippen LogP contribution is 2.38. The minimum atomic E-state index is -4.71. The molecule has 22 heavy (non-hydrogen) atoms. The quantitative estimate of drug-likeness (QED) is 0.797. The molecule has 2 atom stereocenters. The van der Waals surface area contributed by atoms with E-state index in [1.54, 1.807) is 12.1 Å². The third kappa shape index (κ3) is 3.14. The largest absolute Gasteiger partial charge is 0.573 e. The molecule has 2 bridgehead atoms. The topological polar surface area (TPSA) is 43.4 Å². The molecule has 3 nitrogen and oxygen atoms in total. The Labute approximate surface area is 126 Å². The molecular formula is C15H15F3O3S. The number of allylic oxidation sites excluding steroid dienone is 1. The summed E-state index contributed by atoms with van der Waals surface area (Å²) in [6, 6.07) is 5.82. The number of sulfone groups is 1. The van der Waals surface area contributed by atoms with Crippen LogP contribution in [0.25, 0.3) is 0 Å². The molecule has 0 aromatic heterocycles. The average molecular weight is 332 g/mol. The Balaban J connectivity index is 1.76. The maximum Gasteiger partial charge on any atom is 0.573 e.